The van der Waals surface area contributed by atoms with E-state index in [0.29, 0.717) is 23.8 Å². The van der Waals surface area contributed by atoms with Crippen molar-refractivity contribution in [1.29, 1.82) is 0 Å². The van der Waals surface area contributed by atoms with E-state index in [1.54, 1.807) is 0 Å². The molecule has 5 nitrogen and oxygen atoms in total. The Morgan fingerprint density at radius 1 is 1.28 bits per heavy atom. The van der Waals surface area contributed by atoms with Gasteiger partial charge in [0.1, 0.15) is 5.82 Å². The lowest BCUT2D eigenvalue weighted by Crippen LogP contribution is -2.12. The molecule has 0 bridgehead atoms. The van der Waals surface area contributed by atoms with Crippen molar-refractivity contribution in [2.75, 3.05) is 5.32 Å². The fraction of sp³-hybridized carbons (Fsp3) is 0.167. The Morgan fingerprint density at radius 3 is 2.84 bits per heavy atom. The van der Waals surface area contributed by atoms with Crippen LogP contribution in [0.15, 0.2) is 47.0 Å². The number of amides is 1. The van der Waals surface area contributed by atoms with Crippen LogP contribution in [0.4, 0.5) is 10.1 Å². The van der Waals surface area contributed by atoms with Gasteiger partial charge in [-0.05, 0) is 30.7 Å². The van der Waals surface area contributed by atoms with Crippen molar-refractivity contribution >= 4 is 23.2 Å². The highest BCUT2D eigenvalue weighted by atomic mass is 35.5. The van der Waals surface area contributed by atoms with Crippen LogP contribution in [0.25, 0.3) is 11.4 Å². The highest BCUT2D eigenvalue weighted by Gasteiger charge is 2.12. The predicted octanol–water partition coefficient (Wildman–Crippen LogP) is 4.41. The van der Waals surface area contributed by atoms with Gasteiger partial charge in [-0.25, -0.2) is 4.39 Å². The van der Waals surface area contributed by atoms with Crippen molar-refractivity contribution in [2.45, 2.75) is 19.8 Å². The minimum Gasteiger partial charge on any atom is -0.339 e. The van der Waals surface area contributed by atoms with Gasteiger partial charge < -0.3 is 9.84 Å². The Hall–Kier alpha value is -2.73. The molecule has 0 atom stereocenters. The normalized spacial score (nSPS) is 10.7. The number of halogens is 2. The molecule has 3 rings (SSSR count). The first-order valence-corrected chi connectivity index (χ1v) is 8.04. The van der Waals surface area contributed by atoms with Crippen LogP contribution in [0.1, 0.15) is 17.9 Å². The lowest BCUT2D eigenvalue weighted by Gasteiger charge is -2.04. The van der Waals surface area contributed by atoms with E-state index in [4.69, 9.17) is 16.1 Å². The first-order chi connectivity index (χ1) is 12.0. The summed E-state index contributed by atoms with van der Waals surface area (Å²) in [4.78, 5) is 16.3. The molecule has 1 aromatic heterocycles. The van der Waals surface area contributed by atoms with E-state index in [-0.39, 0.29) is 17.4 Å². The monoisotopic (exact) mass is 359 g/mol. The van der Waals surface area contributed by atoms with Gasteiger partial charge in [0.15, 0.2) is 0 Å². The van der Waals surface area contributed by atoms with Gasteiger partial charge in [-0.15, -0.1) is 0 Å². The number of aromatic nitrogens is 2. The van der Waals surface area contributed by atoms with Crippen LogP contribution in [0, 0.1) is 12.7 Å². The number of carbonyl (C=O) groups excluding carboxylic acids is 1. The fourth-order valence-electron chi connectivity index (χ4n) is 2.31. The van der Waals surface area contributed by atoms with Crippen molar-refractivity contribution < 1.29 is 13.7 Å². The average Bonchev–Trinajstić information content (AvgIpc) is 3.05. The molecule has 0 unspecified atom stereocenters. The van der Waals surface area contributed by atoms with Gasteiger partial charge in [-0.2, -0.15) is 4.98 Å². The lowest BCUT2D eigenvalue weighted by atomic mass is 10.1. The van der Waals surface area contributed by atoms with Crippen LogP contribution in [-0.4, -0.2) is 16.0 Å². The Labute approximate surface area is 148 Å². The zero-order chi connectivity index (χ0) is 17.8. The van der Waals surface area contributed by atoms with Crippen LogP contribution >= 0.6 is 11.6 Å². The van der Waals surface area contributed by atoms with E-state index in [1.807, 2.05) is 31.2 Å². The molecule has 0 aliphatic carbocycles. The number of nitrogens with one attached hydrogen (secondary N) is 1. The van der Waals surface area contributed by atoms with Gasteiger partial charge >= 0.3 is 0 Å². The second-order valence-corrected chi connectivity index (χ2v) is 5.91. The summed E-state index contributed by atoms with van der Waals surface area (Å²) in [6.45, 7) is 1.96. The molecular formula is C18H15ClFN3O2. The quantitative estimate of drug-likeness (QED) is 0.732. The van der Waals surface area contributed by atoms with Crippen molar-refractivity contribution in [3.8, 4) is 11.4 Å². The van der Waals surface area contributed by atoms with Crippen LogP contribution in [0.3, 0.4) is 0 Å². The molecule has 0 fully saturated rings. The number of aryl methyl sites for hydroxylation is 2. The molecule has 1 amide bonds. The van der Waals surface area contributed by atoms with E-state index < -0.39 is 5.82 Å². The van der Waals surface area contributed by atoms with Gasteiger partial charge in [-0.3, -0.25) is 4.79 Å². The average molecular weight is 360 g/mol. The molecular weight excluding hydrogens is 345 g/mol. The highest BCUT2D eigenvalue weighted by Crippen LogP contribution is 2.21. The van der Waals surface area contributed by atoms with Crippen LogP contribution in [0.2, 0.25) is 5.02 Å². The van der Waals surface area contributed by atoms with E-state index in [2.05, 4.69) is 15.5 Å². The molecule has 0 radical (unpaired) electrons. The molecule has 1 N–H and O–H groups in total. The maximum Gasteiger partial charge on any atom is 0.227 e. The third-order valence-corrected chi connectivity index (χ3v) is 3.91. The summed E-state index contributed by atoms with van der Waals surface area (Å²) in [5, 5.41) is 6.56. The van der Waals surface area contributed by atoms with Gasteiger partial charge in [0.2, 0.25) is 17.6 Å². The summed E-state index contributed by atoms with van der Waals surface area (Å²) in [5.74, 6) is 0.0944. The number of rotatable bonds is 5. The molecule has 0 saturated heterocycles. The van der Waals surface area contributed by atoms with Crippen LogP contribution in [0.5, 0.6) is 0 Å². The minimum absolute atomic E-state index is 0.0439. The number of benzene rings is 2. The molecule has 0 saturated carbocycles. The van der Waals surface area contributed by atoms with Gasteiger partial charge in [0.25, 0.3) is 0 Å². The topological polar surface area (TPSA) is 68.0 Å². The predicted molar refractivity (Wildman–Crippen MR) is 92.8 cm³/mol. The zero-order valence-electron chi connectivity index (χ0n) is 13.4. The van der Waals surface area contributed by atoms with Gasteiger partial charge in [-0.1, -0.05) is 41.0 Å². The summed E-state index contributed by atoms with van der Waals surface area (Å²) >= 11 is 5.68. The number of hydrogen-bond acceptors (Lipinski definition) is 4. The molecule has 1 heterocycles. The van der Waals surface area contributed by atoms with E-state index in [9.17, 15) is 9.18 Å². The summed E-state index contributed by atoms with van der Waals surface area (Å²) in [6, 6.07) is 11.7. The summed E-state index contributed by atoms with van der Waals surface area (Å²) in [7, 11) is 0. The maximum atomic E-state index is 13.1. The second-order valence-electron chi connectivity index (χ2n) is 5.50. The second kappa shape index (κ2) is 7.44. The van der Waals surface area contributed by atoms with Gasteiger partial charge in [0.05, 0.1) is 5.02 Å². The Morgan fingerprint density at radius 2 is 2.08 bits per heavy atom. The number of hydrogen-bond donors (Lipinski definition) is 1. The zero-order valence-corrected chi connectivity index (χ0v) is 14.2. The molecule has 128 valence electrons. The Bertz CT molecular complexity index is 911. The Balaban J connectivity index is 1.59. The lowest BCUT2D eigenvalue weighted by molar-refractivity contribution is -0.116. The molecule has 0 aliphatic heterocycles. The highest BCUT2D eigenvalue weighted by molar-refractivity contribution is 6.31. The largest absolute Gasteiger partial charge is 0.339 e. The van der Waals surface area contributed by atoms with E-state index in [1.165, 1.54) is 18.2 Å². The number of carbonyl (C=O) groups is 1. The van der Waals surface area contributed by atoms with Crippen LogP contribution < -0.4 is 5.32 Å². The summed E-state index contributed by atoms with van der Waals surface area (Å²) < 4.78 is 18.3. The first kappa shape index (κ1) is 17.1. The SMILES string of the molecule is Cc1ccccc1-c1noc(CCC(=O)Nc2ccc(F)c(Cl)c2)n1. The number of anilines is 1. The molecule has 2 aromatic carbocycles. The van der Waals surface area contributed by atoms with Crippen molar-refractivity contribution in [3.63, 3.8) is 0 Å². The molecule has 0 spiro atoms. The first-order valence-electron chi connectivity index (χ1n) is 7.66. The third kappa shape index (κ3) is 4.22. The molecule has 0 aliphatic rings. The number of nitrogens with zero attached hydrogens (tertiary/aromatic N) is 2. The van der Waals surface area contributed by atoms with Crippen molar-refractivity contribution in [2.24, 2.45) is 0 Å². The molecule has 3 aromatic rings. The molecule has 25 heavy (non-hydrogen) atoms. The van der Waals surface area contributed by atoms with E-state index in [0.717, 1.165) is 11.1 Å². The molecule has 7 heteroatoms. The third-order valence-electron chi connectivity index (χ3n) is 3.62. The maximum absolute atomic E-state index is 13.1. The fourth-order valence-corrected chi connectivity index (χ4v) is 2.49. The van der Waals surface area contributed by atoms with E-state index >= 15 is 0 Å². The minimum atomic E-state index is -0.533. The van der Waals surface area contributed by atoms with Crippen molar-refractivity contribution in [1.82, 2.24) is 10.1 Å². The Kier molecular flexibility index (Phi) is 5.09. The van der Waals surface area contributed by atoms with Crippen molar-refractivity contribution in [3.05, 3.63) is 64.8 Å². The van der Waals surface area contributed by atoms with Gasteiger partial charge in [0, 0.05) is 24.1 Å². The van der Waals surface area contributed by atoms with Crippen LogP contribution in [-0.2, 0) is 11.2 Å². The standard InChI is InChI=1S/C18H15ClFN3O2/c1-11-4-2-3-5-13(11)18-22-17(25-23-18)9-8-16(24)21-12-6-7-15(20)14(19)10-12/h2-7,10H,8-9H2,1H3,(H,21,24). The summed E-state index contributed by atoms with van der Waals surface area (Å²) in [5.41, 5.74) is 2.37. The summed E-state index contributed by atoms with van der Waals surface area (Å²) in [6.07, 6.45) is 0.462. The smallest absolute Gasteiger partial charge is 0.227 e.